The molecule has 2 aromatic rings. The molecule has 0 spiro atoms. The summed E-state index contributed by atoms with van der Waals surface area (Å²) >= 11 is 0. The zero-order valence-electron chi connectivity index (χ0n) is 13.9. The largest absolute Gasteiger partial charge is 0.573 e. The third-order valence-corrected chi connectivity index (χ3v) is 4.23. The van der Waals surface area contributed by atoms with Crippen molar-refractivity contribution >= 4 is 11.7 Å². The first-order valence-corrected chi connectivity index (χ1v) is 8.23. The topological polar surface area (TPSA) is 54.5 Å². The molecular formula is C18H18F3N3O2. The summed E-state index contributed by atoms with van der Waals surface area (Å²) < 4.78 is 40.2. The van der Waals surface area contributed by atoms with Gasteiger partial charge in [0.05, 0.1) is 0 Å². The molecule has 1 aromatic heterocycles. The summed E-state index contributed by atoms with van der Waals surface area (Å²) in [6.07, 6.45) is -1.32. The van der Waals surface area contributed by atoms with Gasteiger partial charge in [0.25, 0.3) is 0 Å². The molecule has 2 heterocycles. The molecule has 26 heavy (non-hydrogen) atoms. The maximum atomic E-state index is 12.3. The number of carbonyl (C=O) groups excluding carboxylic acids is 1. The zero-order valence-corrected chi connectivity index (χ0v) is 13.9. The van der Waals surface area contributed by atoms with Gasteiger partial charge in [0.2, 0.25) is 0 Å². The first kappa shape index (κ1) is 18.0. The number of hydrogen-bond donors (Lipinski definition) is 1. The standard InChI is InChI=1S/C18H18F3N3O2/c19-18(20,21)26-15-6-4-14(5-7-15)23-17(25)24-11-8-13(9-12-24)16-3-1-2-10-22-16/h1-7,10,13H,8-9,11-12H2,(H,23,25). The third-order valence-electron chi connectivity index (χ3n) is 4.23. The van der Waals surface area contributed by atoms with Crippen molar-refractivity contribution in [1.29, 1.82) is 0 Å². The van der Waals surface area contributed by atoms with Crippen LogP contribution in [0.15, 0.2) is 48.7 Å². The number of ether oxygens (including phenoxy) is 1. The van der Waals surface area contributed by atoms with Crippen LogP contribution in [0, 0.1) is 0 Å². The Morgan fingerprint density at radius 1 is 1.12 bits per heavy atom. The summed E-state index contributed by atoms with van der Waals surface area (Å²) in [5.41, 5.74) is 1.45. The number of nitrogens with zero attached hydrogens (tertiary/aromatic N) is 2. The predicted octanol–water partition coefficient (Wildman–Crippen LogP) is 4.39. The van der Waals surface area contributed by atoms with Gasteiger partial charge in [-0.2, -0.15) is 0 Å². The molecule has 138 valence electrons. The zero-order chi connectivity index (χ0) is 18.6. The molecule has 5 nitrogen and oxygen atoms in total. The lowest BCUT2D eigenvalue weighted by Crippen LogP contribution is -2.40. The van der Waals surface area contributed by atoms with E-state index in [9.17, 15) is 18.0 Å². The van der Waals surface area contributed by atoms with Crippen molar-refractivity contribution in [1.82, 2.24) is 9.88 Å². The van der Waals surface area contributed by atoms with E-state index in [1.165, 1.54) is 12.1 Å². The number of alkyl halides is 3. The highest BCUT2D eigenvalue weighted by Gasteiger charge is 2.31. The summed E-state index contributed by atoms with van der Waals surface area (Å²) in [7, 11) is 0. The molecule has 0 saturated carbocycles. The van der Waals surface area contributed by atoms with E-state index in [1.807, 2.05) is 18.2 Å². The molecule has 1 aliphatic rings. The number of likely N-dealkylation sites (tertiary alicyclic amines) is 1. The number of rotatable bonds is 3. The maximum Gasteiger partial charge on any atom is 0.573 e. The molecule has 1 N–H and O–H groups in total. The van der Waals surface area contributed by atoms with Crippen LogP contribution in [0.25, 0.3) is 0 Å². The van der Waals surface area contributed by atoms with Crippen molar-refractivity contribution in [3.05, 3.63) is 54.4 Å². The molecule has 0 bridgehead atoms. The first-order chi connectivity index (χ1) is 12.4. The molecule has 3 rings (SSSR count). The molecule has 1 aromatic carbocycles. The monoisotopic (exact) mass is 365 g/mol. The highest BCUT2D eigenvalue weighted by atomic mass is 19.4. The molecular weight excluding hydrogens is 347 g/mol. The Labute approximate surface area is 148 Å². The van der Waals surface area contributed by atoms with Crippen molar-refractivity contribution in [2.24, 2.45) is 0 Å². The normalized spacial score (nSPS) is 15.6. The van der Waals surface area contributed by atoms with Crippen molar-refractivity contribution in [3.63, 3.8) is 0 Å². The Balaban J connectivity index is 1.51. The Morgan fingerprint density at radius 2 is 1.81 bits per heavy atom. The molecule has 1 aliphatic heterocycles. The molecule has 1 saturated heterocycles. The molecule has 8 heteroatoms. The van der Waals surface area contributed by atoms with E-state index in [0.29, 0.717) is 24.7 Å². The fraction of sp³-hybridized carbons (Fsp3) is 0.333. The van der Waals surface area contributed by atoms with Crippen molar-refractivity contribution in [3.8, 4) is 5.75 Å². The predicted molar refractivity (Wildman–Crippen MR) is 89.9 cm³/mol. The van der Waals surface area contributed by atoms with Crippen LogP contribution < -0.4 is 10.1 Å². The minimum atomic E-state index is -4.73. The molecule has 0 unspecified atom stereocenters. The number of halogens is 3. The van der Waals surface area contributed by atoms with E-state index in [0.717, 1.165) is 30.7 Å². The maximum absolute atomic E-state index is 12.3. The number of pyridine rings is 1. The molecule has 2 amide bonds. The number of benzene rings is 1. The van der Waals surface area contributed by atoms with Gasteiger partial charge in [0, 0.05) is 36.6 Å². The highest BCUT2D eigenvalue weighted by Crippen LogP contribution is 2.27. The quantitative estimate of drug-likeness (QED) is 0.878. The average molecular weight is 365 g/mol. The van der Waals surface area contributed by atoms with Crippen LogP contribution in [0.4, 0.5) is 23.7 Å². The Bertz CT molecular complexity index is 728. The lowest BCUT2D eigenvalue weighted by molar-refractivity contribution is -0.274. The number of urea groups is 1. The van der Waals surface area contributed by atoms with Gasteiger partial charge in [0.15, 0.2) is 0 Å². The van der Waals surface area contributed by atoms with Crippen LogP contribution in [-0.4, -0.2) is 35.4 Å². The van der Waals surface area contributed by atoms with Crippen molar-refractivity contribution in [2.75, 3.05) is 18.4 Å². The smallest absolute Gasteiger partial charge is 0.406 e. The van der Waals surface area contributed by atoms with Crippen LogP contribution in [-0.2, 0) is 0 Å². The Morgan fingerprint density at radius 3 is 2.38 bits per heavy atom. The average Bonchev–Trinajstić information content (AvgIpc) is 2.63. The van der Waals surface area contributed by atoms with Gasteiger partial charge in [-0.3, -0.25) is 4.98 Å². The van der Waals surface area contributed by atoms with E-state index >= 15 is 0 Å². The fourth-order valence-corrected chi connectivity index (χ4v) is 2.94. The number of anilines is 1. The first-order valence-electron chi connectivity index (χ1n) is 8.23. The van der Waals surface area contributed by atoms with Crippen LogP contribution in [0.2, 0.25) is 0 Å². The molecule has 0 aliphatic carbocycles. The second-order valence-corrected chi connectivity index (χ2v) is 6.02. The van der Waals surface area contributed by atoms with E-state index in [2.05, 4.69) is 15.0 Å². The number of aromatic nitrogens is 1. The second-order valence-electron chi connectivity index (χ2n) is 6.02. The van der Waals surface area contributed by atoms with Gasteiger partial charge in [-0.05, 0) is 49.2 Å². The summed E-state index contributed by atoms with van der Waals surface area (Å²) in [5, 5.41) is 2.69. The Kier molecular flexibility index (Phi) is 5.29. The second kappa shape index (κ2) is 7.63. The SMILES string of the molecule is O=C(Nc1ccc(OC(F)(F)F)cc1)N1CCC(c2ccccn2)CC1. The van der Waals surface area contributed by atoms with Crippen molar-refractivity contribution in [2.45, 2.75) is 25.1 Å². The van der Waals surface area contributed by atoms with Gasteiger partial charge in [0.1, 0.15) is 5.75 Å². The Hall–Kier alpha value is -2.77. The lowest BCUT2D eigenvalue weighted by atomic mass is 9.93. The number of nitrogens with one attached hydrogen (secondary N) is 1. The number of hydrogen-bond acceptors (Lipinski definition) is 3. The van der Waals surface area contributed by atoms with Gasteiger partial charge < -0.3 is 15.0 Å². The minimum Gasteiger partial charge on any atom is -0.406 e. The molecule has 1 fully saturated rings. The summed E-state index contributed by atoms with van der Waals surface area (Å²) in [5.74, 6) is 0.00530. The summed E-state index contributed by atoms with van der Waals surface area (Å²) in [6.45, 7) is 1.20. The van der Waals surface area contributed by atoms with Crippen molar-refractivity contribution < 1.29 is 22.7 Å². The summed E-state index contributed by atoms with van der Waals surface area (Å²) in [6, 6.07) is 10.6. The highest BCUT2D eigenvalue weighted by molar-refractivity contribution is 5.89. The fourth-order valence-electron chi connectivity index (χ4n) is 2.94. The number of carbonyl (C=O) groups is 1. The minimum absolute atomic E-state index is 0.269. The van der Waals surface area contributed by atoms with E-state index in [4.69, 9.17) is 0 Å². The molecule has 0 atom stereocenters. The van der Waals surface area contributed by atoms with Gasteiger partial charge >= 0.3 is 12.4 Å². The summed E-state index contributed by atoms with van der Waals surface area (Å²) in [4.78, 5) is 18.4. The van der Waals surface area contributed by atoms with E-state index in [-0.39, 0.29) is 11.8 Å². The molecule has 0 radical (unpaired) electrons. The van der Waals surface area contributed by atoms with E-state index in [1.54, 1.807) is 11.1 Å². The van der Waals surface area contributed by atoms with Crippen LogP contribution >= 0.6 is 0 Å². The number of piperidine rings is 1. The van der Waals surface area contributed by atoms with Crippen LogP contribution in [0.5, 0.6) is 5.75 Å². The van der Waals surface area contributed by atoms with E-state index < -0.39 is 6.36 Å². The van der Waals surface area contributed by atoms with Crippen LogP contribution in [0.1, 0.15) is 24.5 Å². The van der Waals surface area contributed by atoms with Gasteiger partial charge in [-0.15, -0.1) is 13.2 Å². The lowest BCUT2D eigenvalue weighted by Gasteiger charge is -2.31. The third kappa shape index (κ3) is 4.87. The van der Waals surface area contributed by atoms with Gasteiger partial charge in [-0.25, -0.2) is 4.79 Å². The van der Waals surface area contributed by atoms with Crippen LogP contribution in [0.3, 0.4) is 0 Å². The van der Waals surface area contributed by atoms with Gasteiger partial charge in [-0.1, -0.05) is 6.07 Å². The number of amides is 2.